The quantitative estimate of drug-likeness (QED) is 0.631. The molecular formula is C10H18ClNO. The maximum absolute atomic E-state index is 12.0. The highest BCUT2D eigenvalue weighted by Gasteiger charge is 2.35. The smallest absolute Gasteiger partial charge is 0.229 e. The van der Waals surface area contributed by atoms with Gasteiger partial charge in [0.25, 0.3) is 0 Å². The second-order valence-electron chi connectivity index (χ2n) is 4.51. The summed E-state index contributed by atoms with van der Waals surface area (Å²) in [5.41, 5.74) is -0.403. The Bertz CT molecular complexity index is 203. The zero-order chi connectivity index (χ0) is 10.1. The molecule has 0 aromatic carbocycles. The molecule has 13 heavy (non-hydrogen) atoms. The second kappa shape index (κ2) is 3.87. The summed E-state index contributed by atoms with van der Waals surface area (Å²) < 4.78 is 0. The van der Waals surface area contributed by atoms with Gasteiger partial charge in [0.15, 0.2) is 0 Å². The monoisotopic (exact) mass is 203 g/mol. The highest BCUT2D eigenvalue weighted by atomic mass is 35.5. The first-order valence-corrected chi connectivity index (χ1v) is 5.39. The van der Waals surface area contributed by atoms with Crippen molar-refractivity contribution in [3.8, 4) is 0 Å². The first kappa shape index (κ1) is 10.8. The summed E-state index contributed by atoms with van der Waals surface area (Å²) in [6, 6.07) is 0.398. The van der Waals surface area contributed by atoms with Crippen LogP contribution in [0.4, 0.5) is 0 Å². The van der Waals surface area contributed by atoms with E-state index in [1.807, 2.05) is 18.7 Å². The van der Waals surface area contributed by atoms with Gasteiger partial charge in [0.2, 0.25) is 5.91 Å². The van der Waals surface area contributed by atoms with Gasteiger partial charge < -0.3 is 4.90 Å². The lowest BCUT2D eigenvalue weighted by Gasteiger charge is -2.30. The minimum absolute atomic E-state index is 0.201. The van der Waals surface area contributed by atoms with Crippen LogP contribution in [0.25, 0.3) is 0 Å². The highest BCUT2D eigenvalue weighted by molar-refractivity contribution is 6.19. The van der Waals surface area contributed by atoms with Gasteiger partial charge in [0.05, 0.1) is 5.41 Å². The van der Waals surface area contributed by atoms with Crippen molar-refractivity contribution in [3.63, 3.8) is 0 Å². The van der Waals surface area contributed by atoms with E-state index in [1.165, 1.54) is 0 Å². The molecule has 1 amide bonds. The Kier molecular flexibility index (Phi) is 3.23. The Balaban J connectivity index is 2.66. The second-order valence-corrected chi connectivity index (χ2v) is 4.77. The molecule has 0 bridgehead atoms. The van der Waals surface area contributed by atoms with Crippen LogP contribution in [0, 0.1) is 5.41 Å². The molecule has 1 aliphatic heterocycles. The van der Waals surface area contributed by atoms with Crippen molar-refractivity contribution in [1.29, 1.82) is 0 Å². The molecular weight excluding hydrogens is 186 g/mol. The third kappa shape index (κ3) is 2.16. The summed E-state index contributed by atoms with van der Waals surface area (Å²) in [6.07, 6.45) is 2.26. The van der Waals surface area contributed by atoms with E-state index < -0.39 is 5.41 Å². The highest BCUT2D eigenvalue weighted by Crippen LogP contribution is 2.26. The fourth-order valence-electron chi connectivity index (χ4n) is 1.68. The van der Waals surface area contributed by atoms with Crippen molar-refractivity contribution < 1.29 is 4.79 Å². The van der Waals surface area contributed by atoms with E-state index in [4.69, 9.17) is 11.6 Å². The molecule has 0 spiro atoms. The summed E-state index contributed by atoms with van der Waals surface area (Å²) in [5, 5.41) is 0. The van der Waals surface area contributed by atoms with Gasteiger partial charge in [-0.05, 0) is 33.6 Å². The number of hydrogen-bond donors (Lipinski definition) is 0. The number of nitrogens with zero attached hydrogens (tertiary/aromatic N) is 1. The van der Waals surface area contributed by atoms with Gasteiger partial charge in [-0.3, -0.25) is 4.79 Å². The van der Waals surface area contributed by atoms with Crippen molar-refractivity contribution >= 4 is 17.5 Å². The van der Waals surface area contributed by atoms with Gasteiger partial charge in [-0.15, -0.1) is 11.6 Å². The third-order valence-corrected chi connectivity index (χ3v) is 3.40. The first-order chi connectivity index (χ1) is 5.99. The van der Waals surface area contributed by atoms with E-state index in [0.717, 1.165) is 19.4 Å². The molecule has 0 radical (unpaired) electrons. The average Bonchev–Trinajstić information content (AvgIpc) is 2.50. The molecule has 2 nitrogen and oxygen atoms in total. The predicted octanol–water partition coefficient (Wildman–Crippen LogP) is 2.26. The molecule has 1 atom stereocenters. The maximum atomic E-state index is 12.0. The normalized spacial score (nSPS) is 23.7. The van der Waals surface area contributed by atoms with Crippen LogP contribution < -0.4 is 0 Å². The van der Waals surface area contributed by atoms with E-state index >= 15 is 0 Å². The van der Waals surface area contributed by atoms with E-state index in [9.17, 15) is 4.79 Å². The Morgan fingerprint density at radius 3 is 2.62 bits per heavy atom. The summed E-state index contributed by atoms with van der Waals surface area (Å²) in [4.78, 5) is 13.9. The van der Waals surface area contributed by atoms with Crippen molar-refractivity contribution in [2.75, 3.05) is 12.4 Å². The molecule has 76 valence electrons. The number of hydrogen-bond acceptors (Lipinski definition) is 1. The number of alkyl halides is 1. The molecule has 0 aliphatic carbocycles. The standard InChI is InChI=1S/C10H18ClNO/c1-8-5-4-6-12(8)9(13)10(2,3)7-11/h8H,4-7H2,1-3H3. The van der Waals surface area contributed by atoms with Crippen LogP contribution in [0.1, 0.15) is 33.6 Å². The Labute approximate surface area is 85.2 Å². The third-order valence-electron chi connectivity index (χ3n) is 2.73. The van der Waals surface area contributed by atoms with E-state index in [0.29, 0.717) is 11.9 Å². The van der Waals surface area contributed by atoms with Crippen LogP contribution in [0.2, 0.25) is 0 Å². The van der Waals surface area contributed by atoms with Gasteiger partial charge in [-0.1, -0.05) is 0 Å². The number of carbonyl (C=O) groups is 1. The number of halogens is 1. The SMILES string of the molecule is CC1CCCN1C(=O)C(C)(C)CCl. The van der Waals surface area contributed by atoms with Gasteiger partial charge in [-0.2, -0.15) is 0 Å². The lowest BCUT2D eigenvalue weighted by atomic mass is 9.94. The summed E-state index contributed by atoms with van der Waals surface area (Å²) in [7, 11) is 0. The zero-order valence-electron chi connectivity index (χ0n) is 8.64. The molecule has 0 N–H and O–H groups in total. The van der Waals surface area contributed by atoms with Crippen LogP contribution in [0.15, 0.2) is 0 Å². The number of carbonyl (C=O) groups excluding carboxylic acids is 1. The molecule has 3 heteroatoms. The minimum atomic E-state index is -0.403. The van der Waals surface area contributed by atoms with Crippen molar-refractivity contribution in [2.24, 2.45) is 5.41 Å². The summed E-state index contributed by atoms with van der Waals surface area (Å²) >= 11 is 5.77. The van der Waals surface area contributed by atoms with Crippen LogP contribution >= 0.6 is 11.6 Å². The van der Waals surface area contributed by atoms with Gasteiger partial charge in [0.1, 0.15) is 0 Å². The number of rotatable bonds is 2. The summed E-state index contributed by atoms with van der Waals surface area (Å²) in [5.74, 6) is 0.599. The van der Waals surface area contributed by atoms with Crippen LogP contribution in [0.3, 0.4) is 0 Å². The van der Waals surface area contributed by atoms with Crippen LogP contribution in [-0.2, 0) is 4.79 Å². The predicted molar refractivity (Wildman–Crippen MR) is 54.9 cm³/mol. The van der Waals surface area contributed by atoms with E-state index in [-0.39, 0.29) is 5.91 Å². The molecule has 0 saturated carbocycles. The Hall–Kier alpha value is -0.240. The lowest BCUT2D eigenvalue weighted by Crippen LogP contribution is -2.43. The molecule has 1 aliphatic rings. The first-order valence-electron chi connectivity index (χ1n) is 4.86. The molecule has 1 rings (SSSR count). The average molecular weight is 204 g/mol. The molecule has 1 heterocycles. The lowest BCUT2D eigenvalue weighted by molar-refractivity contribution is -0.139. The van der Waals surface area contributed by atoms with Gasteiger partial charge in [0, 0.05) is 18.5 Å². The van der Waals surface area contributed by atoms with Crippen molar-refractivity contribution in [3.05, 3.63) is 0 Å². The van der Waals surface area contributed by atoms with Gasteiger partial charge >= 0.3 is 0 Å². The molecule has 1 unspecified atom stereocenters. The van der Waals surface area contributed by atoms with Crippen LogP contribution in [-0.4, -0.2) is 29.3 Å². The molecule has 0 aromatic rings. The zero-order valence-corrected chi connectivity index (χ0v) is 9.40. The fourth-order valence-corrected chi connectivity index (χ4v) is 1.80. The Morgan fingerprint density at radius 1 is 1.62 bits per heavy atom. The molecule has 1 saturated heterocycles. The van der Waals surface area contributed by atoms with Crippen molar-refractivity contribution in [1.82, 2.24) is 4.90 Å². The fraction of sp³-hybridized carbons (Fsp3) is 0.900. The van der Waals surface area contributed by atoms with Crippen LogP contribution in [0.5, 0.6) is 0 Å². The Morgan fingerprint density at radius 2 is 2.23 bits per heavy atom. The number of amides is 1. The van der Waals surface area contributed by atoms with E-state index in [1.54, 1.807) is 0 Å². The van der Waals surface area contributed by atoms with E-state index in [2.05, 4.69) is 6.92 Å². The molecule has 0 aromatic heterocycles. The maximum Gasteiger partial charge on any atom is 0.229 e. The van der Waals surface area contributed by atoms with Crippen molar-refractivity contribution in [2.45, 2.75) is 39.7 Å². The molecule has 1 fully saturated rings. The topological polar surface area (TPSA) is 20.3 Å². The largest absolute Gasteiger partial charge is 0.339 e. The number of likely N-dealkylation sites (tertiary alicyclic amines) is 1. The minimum Gasteiger partial charge on any atom is -0.339 e. The van der Waals surface area contributed by atoms with Gasteiger partial charge in [-0.25, -0.2) is 0 Å². The summed E-state index contributed by atoms with van der Waals surface area (Å²) in [6.45, 7) is 6.83.